The molecule has 0 aliphatic heterocycles. The topological polar surface area (TPSA) is 59.5 Å². The summed E-state index contributed by atoms with van der Waals surface area (Å²) >= 11 is 0. The molecule has 0 bridgehead atoms. The molecule has 0 atom stereocenters. The second-order valence-corrected chi connectivity index (χ2v) is 10.2. The van der Waals surface area contributed by atoms with Gasteiger partial charge in [-0.15, -0.1) is 0 Å². The van der Waals surface area contributed by atoms with Crippen molar-refractivity contribution in [1.29, 1.82) is 0 Å². The van der Waals surface area contributed by atoms with E-state index in [1.54, 1.807) is 18.2 Å². The van der Waals surface area contributed by atoms with E-state index < -0.39 is 10.0 Å². The smallest absolute Gasteiger partial charge is 0.233 e. The molecule has 0 saturated carbocycles. The van der Waals surface area contributed by atoms with Gasteiger partial charge in [0, 0.05) is 18.2 Å². The van der Waals surface area contributed by atoms with Crippen LogP contribution in [0.15, 0.2) is 30.3 Å². The number of sulfonamides is 1. The van der Waals surface area contributed by atoms with Crippen LogP contribution in [0, 0.1) is 5.82 Å². The first-order valence-electron chi connectivity index (χ1n) is 9.17. The zero-order chi connectivity index (χ0) is 21.3. The number of pyridine rings is 1. The van der Waals surface area contributed by atoms with Crippen LogP contribution >= 0.6 is 0 Å². The number of ether oxygens (including phenoxy) is 1. The highest BCUT2D eigenvalue weighted by Gasteiger charge is 2.23. The number of rotatable bonds is 6. The molecule has 1 heterocycles. The maximum Gasteiger partial charge on any atom is 0.233 e. The number of hydrogen-bond acceptors (Lipinski definition) is 4. The Morgan fingerprint density at radius 1 is 1.18 bits per heavy atom. The number of anilines is 1. The van der Waals surface area contributed by atoms with Crippen LogP contribution in [0.5, 0.6) is 0 Å². The normalized spacial score (nSPS) is 12.5. The quantitative estimate of drug-likeness (QED) is 0.694. The van der Waals surface area contributed by atoms with E-state index in [2.05, 4.69) is 4.98 Å². The minimum Gasteiger partial charge on any atom is -0.371 e. The van der Waals surface area contributed by atoms with Crippen LogP contribution in [0.3, 0.4) is 0 Å². The number of hydrogen-bond donors (Lipinski definition) is 0. The van der Waals surface area contributed by atoms with Gasteiger partial charge in [-0.3, -0.25) is 4.31 Å². The summed E-state index contributed by atoms with van der Waals surface area (Å²) in [5.41, 5.74) is 2.78. The molecule has 0 fully saturated rings. The standard InChI is InChI=1S/C21H29FN2O3S/c1-14(2)17-12-19(24(6)28(7,25)26)23-20(15-8-10-16(22)11-9-15)18(17)13-27-21(3,4)5/h8-12,14H,13H2,1-7H3. The first kappa shape index (κ1) is 22.3. The van der Waals surface area contributed by atoms with E-state index in [0.717, 1.165) is 21.7 Å². The summed E-state index contributed by atoms with van der Waals surface area (Å²) in [6.07, 6.45) is 1.14. The molecule has 2 rings (SSSR count). The lowest BCUT2D eigenvalue weighted by Crippen LogP contribution is -2.26. The van der Waals surface area contributed by atoms with Crippen molar-refractivity contribution in [1.82, 2.24) is 4.98 Å². The summed E-state index contributed by atoms with van der Waals surface area (Å²) in [5, 5.41) is 0. The number of aromatic nitrogens is 1. The summed E-state index contributed by atoms with van der Waals surface area (Å²) in [6.45, 7) is 10.3. The molecule has 2 aromatic rings. The molecule has 1 aromatic heterocycles. The van der Waals surface area contributed by atoms with Crippen molar-refractivity contribution in [3.05, 3.63) is 47.3 Å². The second-order valence-electron chi connectivity index (χ2n) is 8.19. The first-order chi connectivity index (χ1) is 12.8. The molecule has 1 aromatic carbocycles. The van der Waals surface area contributed by atoms with E-state index in [-0.39, 0.29) is 17.3 Å². The molecule has 7 heteroatoms. The molecule has 0 unspecified atom stereocenters. The first-order valence-corrected chi connectivity index (χ1v) is 11.0. The highest BCUT2D eigenvalue weighted by molar-refractivity contribution is 7.92. The van der Waals surface area contributed by atoms with Gasteiger partial charge in [-0.25, -0.2) is 17.8 Å². The largest absolute Gasteiger partial charge is 0.371 e. The molecule has 0 radical (unpaired) electrons. The highest BCUT2D eigenvalue weighted by atomic mass is 32.2. The van der Waals surface area contributed by atoms with E-state index in [0.29, 0.717) is 23.7 Å². The minimum absolute atomic E-state index is 0.118. The average molecular weight is 409 g/mol. The Balaban J connectivity index is 2.74. The van der Waals surface area contributed by atoms with Gasteiger partial charge in [-0.1, -0.05) is 13.8 Å². The lowest BCUT2D eigenvalue weighted by Gasteiger charge is -2.25. The van der Waals surface area contributed by atoms with Gasteiger partial charge in [0.05, 0.1) is 24.2 Å². The molecule has 0 N–H and O–H groups in total. The Morgan fingerprint density at radius 2 is 1.75 bits per heavy atom. The van der Waals surface area contributed by atoms with Gasteiger partial charge >= 0.3 is 0 Å². The monoisotopic (exact) mass is 408 g/mol. The van der Waals surface area contributed by atoms with E-state index in [9.17, 15) is 12.8 Å². The van der Waals surface area contributed by atoms with Gasteiger partial charge in [0.1, 0.15) is 11.6 Å². The minimum atomic E-state index is -3.47. The van der Waals surface area contributed by atoms with Gasteiger partial charge in [0.2, 0.25) is 10.0 Å². The van der Waals surface area contributed by atoms with Gasteiger partial charge in [0.15, 0.2) is 0 Å². The van der Waals surface area contributed by atoms with Gasteiger partial charge < -0.3 is 4.74 Å². The van der Waals surface area contributed by atoms with Crippen molar-refractivity contribution >= 4 is 15.8 Å². The number of benzene rings is 1. The fourth-order valence-corrected chi connectivity index (χ4v) is 3.14. The fourth-order valence-electron chi connectivity index (χ4n) is 2.71. The van der Waals surface area contributed by atoms with Crippen molar-refractivity contribution in [2.45, 2.75) is 52.7 Å². The molecular weight excluding hydrogens is 379 g/mol. The number of halogens is 1. The Bertz CT molecular complexity index is 933. The SMILES string of the molecule is CC(C)c1cc(N(C)S(C)(=O)=O)nc(-c2ccc(F)cc2)c1COC(C)(C)C. The van der Waals surface area contributed by atoms with Crippen LogP contribution in [-0.4, -0.2) is 32.3 Å². The van der Waals surface area contributed by atoms with Crippen molar-refractivity contribution in [3.8, 4) is 11.3 Å². The Morgan fingerprint density at radius 3 is 2.21 bits per heavy atom. The van der Waals surface area contributed by atoms with E-state index in [1.165, 1.54) is 19.2 Å². The predicted octanol–water partition coefficient (Wildman–Crippen LogP) is 4.72. The third-order valence-electron chi connectivity index (χ3n) is 4.35. The third kappa shape index (κ3) is 5.52. The summed E-state index contributed by atoms with van der Waals surface area (Å²) in [5.74, 6) is 0.0993. The fraction of sp³-hybridized carbons (Fsp3) is 0.476. The van der Waals surface area contributed by atoms with Gasteiger partial charge in [0.25, 0.3) is 0 Å². The Hall–Kier alpha value is -1.99. The zero-order valence-corrected chi connectivity index (χ0v) is 18.4. The van der Waals surface area contributed by atoms with Crippen LogP contribution in [0.1, 0.15) is 51.7 Å². The van der Waals surface area contributed by atoms with Crippen LogP contribution in [0.2, 0.25) is 0 Å². The van der Waals surface area contributed by atoms with Crippen molar-refractivity contribution < 1.29 is 17.5 Å². The van der Waals surface area contributed by atoms with Gasteiger partial charge in [-0.05, 0) is 62.6 Å². The summed E-state index contributed by atoms with van der Waals surface area (Å²) in [6, 6.07) is 7.82. The molecule has 0 spiro atoms. The lowest BCUT2D eigenvalue weighted by molar-refractivity contribution is -0.0152. The van der Waals surface area contributed by atoms with Crippen molar-refractivity contribution in [3.63, 3.8) is 0 Å². The molecule has 28 heavy (non-hydrogen) atoms. The van der Waals surface area contributed by atoms with Crippen molar-refractivity contribution in [2.75, 3.05) is 17.6 Å². The Kier molecular flexibility index (Phi) is 6.51. The maximum absolute atomic E-state index is 13.4. The molecule has 0 amide bonds. The van der Waals surface area contributed by atoms with Crippen LogP contribution in [0.25, 0.3) is 11.3 Å². The zero-order valence-electron chi connectivity index (χ0n) is 17.6. The summed E-state index contributed by atoms with van der Waals surface area (Å²) in [7, 11) is -2.00. The van der Waals surface area contributed by atoms with Gasteiger partial charge in [-0.2, -0.15) is 0 Å². The van der Waals surface area contributed by atoms with Crippen LogP contribution in [0.4, 0.5) is 10.2 Å². The highest BCUT2D eigenvalue weighted by Crippen LogP contribution is 2.34. The summed E-state index contributed by atoms with van der Waals surface area (Å²) < 4.78 is 44.7. The molecule has 0 saturated heterocycles. The molecule has 0 aliphatic rings. The maximum atomic E-state index is 13.4. The van der Waals surface area contributed by atoms with Crippen LogP contribution < -0.4 is 4.31 Å². The van der Waals surface area contributed by atoms with Crippen LogP contribution in [-0.2, 0) is 21.4 Å². The van der Waals surface area contributed by atoms with E-state index in [4.69, 9.17) is 4.74 Å². The molecular formula is C21H29FN2O3S. The molecule has 5 nitrogen and oxygen atoms in total. The van der Waals surface area contributed by atoms with E-state index >= 15 is 0 Å². The summed E-state index contributed by atoms with van der Waals surface area (Å²) in [4.78, 5) is 4.63. The van der Waals surface area contributed by atoms with E-state index in [1.807, 2.05) is 34.6 Å². The predicted molar refractivity (Wildman–Crippen MR) is 112 cm³/mol. The average Bonchev–Trinajstić information content (AvgIpc) is 2.57. The third-order valence-corrected chi connectivity index (χ3v) is 5.54. The molecule has 154 valence electrons. The second kappa shape index (κ2) is 8.17. The molecule has 0 aliphatic carbocycles. The Labute approximate surface area is 167 Å². The number of nitrogens with zero attached hydrogens (tertiary/aromatic N) is 2. The van der Waals surface area contributed by atoms with Crippen molar-refractivity contribution in [2.24, 2.45) is 0 Å². The lowest BCUT2D eigenvalue weighted by atomic mass is 9.94.